The molecular formula is C11H23NO2. The van der Waals surface area contributed by atoms with Crippen molar-refractivity contribution in [3.63, 3.8) is 0 Å². The summed E-state index contributed by atoms with van der Waals surface area (Å²) < 4.78 is 5.27. The summed E-state index contributed by atoms with van der Waals surface area (Å²) in [4.78, 5) is 2.50. The maximum Gasteiger partial charge on any atom is 0.0670 e. The zero-order valence-corrected chi connectivity index (χ0v) is 9.41. The molecule has 0 bridgehead atoms. The second-order valence-corrected chi connectivity index (χ2v) is 4.20. The first-order chi connectivity index (χ1) is 6.77. The number of hydrogen-bond acceptors (Lipinski definition) is 3. The van der Waals surface area contributed by atoms with Gasteiger partial charge in [0, 0.05) is 26.3 Å². The van der Waals surface area contributed by atoms with Crippen molar-refractivity contribution in [1.82, 2.24) is 4.90 Å². The SMILES string of the molecule is COC(C)CN1CCCC1CCCO. The Hall–Kier alpha value is -0.120. The molecule has 3 heteroatoms. The van der Waals surface area contributed by atoms with E-state index >= 15 is 0 Å². The van der Waals surface area contributed by atoms with Gasteiger partial charge in [-0.1, -0.05) is 0 Å². The van der Waals surface area contributed by atoms with Crippen molar-refractivity contribution in [1.29, 1.82) is 0 Å². The normalized spacial score (nSPS) is 25.5. The summed E-state index contributed by atoms with van der Waals surface area (Å²) >= 11 is 0. The van der Waals surface area contributed by atoms with Crippen molar-refractivity contribution < 1.29 is 9.84 Å². The molecule has 0 aliphatic carbocycles. The van der Waals surface area contributed by atoms with E-state index in [9.17, 15) is 0 Å². The molecule has 3 nitrogen and oxygen atoms in total. The summed E-state index contributed by atoms with van der Waals surface area (Å²) in [5, 5.41) is 8.80. The van der Waals surface area contributed by atoms with Crippen LogP contribution in [-0.4, -0.2) is 49.0 Å². The average Bonchev–Trinajstić information content (AvgIpc) is 2.62. The lowest BCUT2D eigenvalue weighted by atomic mass is 10.1. The van der Waals surface area contributed by atoms with Crippen molar-refractivity contribution in [3.05, 3.63) is 0 Å². The minimum Gasteiger partial charge on any atom is -0.396 e. The van der Waals surface area contributed by atoms with Crippen LogP contribution in [0.15, 0.2) is 0 Å². The van der Waals surface area contributed by atoms with E-state index in [0.29, 0.717) is 18.8 Å². The highest BCUT2D eigenvalue weighted by molar-refractivity contribution is 4.80. The quantitative estimate of drug-likeness (QED) is 0.702. The summed E-state index contributed by atoms with van der Waals surface area (Å²) in [5.74, 6) is 0. The number of likely N-dealkylation sites (tertiary alicyclic amines) is 1. The van der Waals surface area contributed by atoms with E-state index in [0.717, 1.165) is 19.4 Å². The topological polar surface area (TPSA) is 32.7 Å². The maximum atomic E-state index is 8.80. The third-order valence-corrected chi connectivity index (χ3v) is 3.09. The van der Waals surface area contributed by atoms with Crippen LogP contribution >= 0.6 is 0 Å². The highest BCUT2D eigenvalue weighted by atomic mass is 16.5. The molecule has 0 aromatic rings. The molecule has 0 amide bonds. The first kappa shape index (κ1) is 12.0. The molecule has 0 radical (unpaired) electrons. The summed E-state index contributed by atoms with van der Waals surface area (Å²) in [7, 11) is 1.77. The van der Waals surface area contributed by atoms with Crippen molar-refractivity contribution in [3.8, 4) is 0 Å². The van der Waals surface area contributed by atoms with Gasteiger partial charge in [-0.15, -0.1) is 0 Å². The van der Waals surface area contributed by atoms with Gasteiger partial charge in [-0.2, -0.15) is 0 Å². The molecule has 1 fully saturated rings. The van der Waals surface area contributed by atoms with Gasteiger partial charge in [-0.25, -0.2) is 0 Å². The van der Waals surface area contributed by atoms with Crippen LogP contribution in [0.1, 0.15) is 32.6 Å². The Bertz CT molecular complexity index is 152. The summed E-state index contributed by atoms with van der Waals surface area (Å²) in [5.41, 5.74) is 0. The predicted octanol–water partition coefficient (Wildman–Crippen LogP) is 1.26. The van der Waals surface area contributed by atoms with Crippen LogP contribution in [0.25, 0.3) is 0 Å². The monoisotopic (exact) mass is 201 g/mol. The second-order valence-electron chi connectivity index (χ2n) is 4.20. The Morgan fingerprint density at radius 3 is 3.00 bits per heavy atom. The molecule has 2 unspecified atom stereocenters. The van der Waals surface area contributed by atoms with Gasteiger partial charge < -0.3 is 9.84 Å². The van der Waals surface area contributed by atoms with Gasteiger partial charge in [0.25, 0.3) is 0 Å². The van der Waals surface area contributed by atoms with Crippen LogP contribution < -0.4 is 0 Å². The molecule has 0 spiro atoms. The van der Waals surface area contributed by atoms with Crippen LogP contribution in [0.2, 0.25) is 0 Å². The average molecular weight is 201 g/mol. The zero-order valence-electron chi connectivity index (χ0n) is 9.41. The van der Waals surface area contributed by atoms with E-state index in [1.807, 2.05) is 0 Å². The number of rotatable bonds is 6. The first-order valence-corrected chi connectivity index (χ1v) is 5.65. The standard InChI is InChI=1S/C11H23NO2/c1-10(14-2)9-12-7-3-5-11(12)6-4-8-13/h10-11,13H,3-9H2,1-2H3. The fourth-order valence-electron chi connectivity index (χ4n) is 2.19. The fourth-order valence-corrected chi connectivity index (χ4v) is 2.19. The van der Waals surface area contributed by atoms with E-state index in [4.69, 9.17) is 9.84 Å². The minimum absolute atomic E-state index is 0.324. The third kappa shape index (κ3) is 3.56. The number of ether oxygens (including phenoxy) is 1. The lowest BCUT2D eigenvalue weighted by Crippen LogP contribution is -2.36. The van der Waals surface area contributed by atoms with Crippen LogP contribution in [0.5, 0.6) is 0 Å². The largest absolute Gasteiger partial charge is 0.396 e. The van der Waals surface area contributed by atoms with E-state index < -0.39 is 0 Å². The maximum absolute atomic E-state index is 8.80. The minimum atomic E-state index is 0.324. The van der Waals surface area contributed by atoms with Crippen molar-refractivity contribution in [2.75, 3.05) is 26.8 Å². The molecule has 14 heavy (non-hydrogen) atoms. The van der Waals surface area contributed by atoms with Gasteiger partial charge in [-0.05, 0) is 39.2 Å². The Morgan fingerprint density at radius 1 is 1.57 bits per heavy atom. The molecule has 0 saturated carbocycles. The van der Waals surface area contributed by atoms with Gasteiger partial charge in [0.1, 0.15) is 0 Å². The van der Waals surface area contributed by atoms with Gasteiger partial charge in [-0.3, -0.25) is 4.90 Å². The molecule has 1 aliphatic rings. The van der Waals surface area contributed by atoms with Gasteiger partial charge >= 0.3 is 0 Å². The summed E-state index contributed by atoms with van der Waals surface area (Å²) in [6.07, 6.45) is 4.98. The highest BCUT2D eigenvalue weighted by Crippen LogP contribution is 2.21. The molecule has 1 N–H and O–H groups in total. The van der Waals surface area contributed by atoms with Crippen molar-refractivity contribution in [2.45, 2.75) is 44.8 Å². The van der Waals surface area contributed by atoms with E-state index in [1.54, 1.807) is 7.11 Å². The van der Waals surface area contributed by atoms with Crippen LogP contribution in [-0.2, 0) is 4.74 Å². The first-order valence-electron chi connectivity index (χ1n) is 5.65. The Balaban J connectivity index is 2.27. The molecule has 0 aromatic carbocycles. The molecule has 1 saturated heterocycles. The number of hydrogen-bond donors (Lipinski definition) is 1. The number of aliphatic hydroxyl groups is 1. The van der Waals surface area contributed by atoms with Gasteiger partial charge in [0.15, 0.2) is 0 Å². The molecule has 2 atom stereocenters. The number of methoxy groups -OCH3 is 1. The highest BCUT2D eigenvalue weighted by Gasteiger charge is 2.24. The molecule has 1 aliphatic heterocycles. The number of aliphatic hydroxyl groups excluding tert-OH is 1. The molecule has 1 rings (SSSR count). The Morgan fingerprint density at radius 2 is 2.36 bits per heavy atom. The molecule has 0 aromatic heterocycles. The Labute approximate surface area is 87.1 Å². The summed E-state index contributed by atoms with van der Waals surface area (Å²) in [6.45, 7) is 4.67. The van der Waals surface area contributed by atoms with Crippen LogP contribution in [0, 0.1) is 0 Å². The molecular weight excluding hydrogens is 178 g/mol. The fraction of sp³-hybridized carbons (Fsp3) is 1.00. The van der Waals surface area contributed by atoms with Crippen molar-refractivity contribution in [2.24, 2.45) is 0 Å². The third-order valence-electron chi connectivity index (χ3n) is 3.09. The van der Waals surface area contributed by atoms with Gasteiger partial charge in [0.2, 0.25) is 0 Å². The van der Waals surface area contributed by atoms with Crippen LogP contribution in [0.3, 0.4) is 0 Å². The van der Waals surface area contributed by atoms with Crippen molar-refractivity contribution >= 4 is 0 Å². The lowest BCUT2D eigenvalue weighted by molar-refractivity contribution is 0.0700. The Kier molecular flexibility index (Phi) is 5.45. The number of nitrogens with zero attached hydrogens (tertiary/aromatic N) is 1. The van der Waals surface area contributed by atoms with E-state index in [-0.39, 0.29) is 0 Å². The van der Waals surface area contributed by atoms with E-state index in [2.05, 4.69) is 11.8 Å². The molecule has 1 heterocycles. The zero-order chi connectivity index (χ0) is 10.4. The lowest BCUT2D eigenvalue weighted by Gasteiger charge is -2.26. The van der Waals surface area contributed by atoms with Gasteiger partial charge in [0.05, 0.1) is 6.10 Å². The summed E-state index contributed by atoms with van der Waals surface area (Å²) in [6, 6.07) is 0.680. The molecule has 84 valence electrons. The second kappa shape index (κ2) is 6.38. The smallest absolute Gasteiger partial charge is 0.0670 e. The van der Waals surface area contributed by atoms with E-state index in [1.165, 1.54) is 19.4 Å². The van der Waals surface area contributed by atoms with Crippen LogP contribution in [0.4, 0.5) is 0 Å². The predicted molar refractivity (Wildman–Crippen MR) is 57.4 cm³/mol.